The van der Waals surface area contributed by atoms with Crippen LogP contribution in [0.3, 0.4) is 0 Å². The van der Waals surface area contributed by atoms with E-state index >= 15 is 0 Å². The Hall–Kier alpha value is -1.63. The van der Waals surface area contributed by atoms with Crippen molar-refractivity contribution in [2.24, 2.45) is 0 Å². The van der Waals surface area contributed by atoms with Crippen LogP contribution >= 0.6 is 22.0 Å². The lowest BCUT2D eigenvalue weighted by Gasteiger charge is -2.44. The second kappa shape index (κ2) is 10.6. The summed E-state index contributed by atoms with van der Waals surface area (Å²) in [6, 6.07) is 19.3. The lowest BCUT2D eigenvalue weighted by atomic mass is 10.1. The molecule has 6 heteroatoms. The van der Waals surface area contributed by atoms with Gasteiger partial charge in [-0.2, -0.15) is 35.1 Å². The van der Waals surface area contributed by atoms with Gasteiger partial charge in [0, 0.05) is 5.25 Å². The summed E-state index contributed by atoms with van der Waals surface area (Å²) in [7, 11) is -1.31. The molecule has 0 fully saturated rings. The highest BCUT2D eigenvalue weighted by Gasteiger charge is 2.32. The molecule has 0 saturated heterocycles. The summed E-state index contributed by atoms with van der Waals surface area (Å²) in [6.07, 6.45) is 14.5. The van der Waals surface area contributed by atoms with E-state index in [0.29, 0.717) is 11.7 Å². The van der Waals surface area contributed by atoms with E-state index in [2.05, 4.69) is 83.8 Å². The molecule has 2 atom stereocenters. The van der Waals surface area contributed by atoms with Crippen molar-refractivity contribution in [2.75, 3.05) is 12.8 Å². The van der Waals surface area contributed by atoms with Gasteiger partial charge in [0.2, 0.25) is 0 Å². The third-order valence-corrected chi connectivity index (χ3v) is 9.97. The molecule has 0 aromatic heterocycles. The van der Waals surface area contributed by atoms with E-state index in [4.69, 9.17) is 0 Å². The third kappa shape index (κ3) is 5.96. The topological polar surface area (TPSA) is 14.1 Å². The molecule has 0 spiro atoms. The summed E-state index contributed by atoms with van der Waals surface area (Å²) in [5.41, 5.74) is -2.99. The predicted octanol–water partition coefficient (Wildman–Crippen LogP) is 8.29. The summed E-state index contributed by atoms with van der Waals surface area (Å²) >= 11 is -0.282. The van der Waals surface area contributed by atoms with E-state index < -0.39 is 15.5 Å². The van der Waals surface area contributed by atoms with Crippen molar-refractivity contribution in [1.29, 1.82) is 0 Å². The number of allylic oxidation sites excluding steroid dienone is 3. The van der Waals surface area contributed by atoms with E-state index in [0.717, 1.165) is 19.3 Å². The maximum Gasteiger partial charge on any atom is 0.423 e. The van der Waals surface area contributed by atoms with E-state index in [-0.39, 0.29) is 18.5 Å². The van der Waals surface area contributed by atoms with Crippen LogP contribution in [0.25, 0.3) is 4.72 Å². The van der Waals surface area contributed by atoms with Gasteiger partial charge >= 0.3 is 5.51 Å². The molecule has 2 aromatic rings. The Morgan fingerprint density at radius 2 is 1.73 bits per heavy atom. The molecule has 0 aliphatic heterocycles. The molecule has 1 aliphatic rings. The summed E-state index contributed by atoms with van der Waals surface area (Å²) in [5.74, 6) is 0. The number of halogens is 3. The van der Waals surface area contributed by atoms with Crippen LogP contribution in [0.5, 0.6) is 0 Å². The standard InChI is InChI=1S/C24H27F3NS2/c1-30(21-14-4-2-5-15-21,22-16-6-3-7-17-22)23-18-9-8-12-20(23)13-10-11-19-28-29-24(25,26)27/h2-9,12,14-16,18,22H,10-11,13,17,19H2,1H3/q-1. The van der Waals surface area contributed by atoms with Gasteiger partial charge in [-0.3, -0.25) is 0 Å². The number of unbranched alkanes of at least 4 members (excludes halogenated alkanes) is 1. The van der Waals surface area contributed by atoms with Crippen molar-refractivity contribution in [2.45, 2.75) is 46.2 Å². The first kappa shape index (κ1) is 23.0. The van der Waals surface area contributed by atoms with Crippen molar-refractivity contribution in [3.05, 3.63) is 89.2 Å². The van der Waals surface area contributed by atoms with E-state index in [1.807, 2.05) is 6.07 Å². The number of hydrogen-bond donors (Lipinski definition) is 0. The second-order valence-corrected chi connectivity index (χ2v) is 11.7. The van der Waals surface area contributed by atoms with Gasteiger partial charge in [-0.1, -0.05) is 73.5 Å². The molecule has 3 rings (SSSR count). The van der Waals surface area contributed by atoms with Crippen LogP contribution in [-0.2, 0) is 6.42 Å². The SMILES string of the molecule is CS(c1ccccc1)(c1ccccc1CCCC[N-]SC(F)(F)F)C1C=CC=CC1. The summed E-state index contributed by atoms with van der Waals surface area (Å²) in [6.45, 7) is 0.227. The molecular weight excluding hydrogens is 423 g/mol. The number of rotatable bonds is 9. The first-order valence-corrected chi connectivity index (χ1v) is 12.9. The molecule has 162 valence electrons. The highest BCUT2D eigenvalue weighted by molar-refractivity contribution is 8.33. The molecule has 0 N–H and O–H groups in total. The van der Waals surface area contributed by atoms with Gasteiger partial charge in [0.25, 0.3) is 0 Å². The van der Waals surface area contributed by atoms with E-state index in [9.17, 15) is 13.2 Å². The maximum atomic E-state index is 12.2. The molecule has 0 radical (unpaired) electrons. The Kier molecular flexibility index (Phi) is 8.14. The van der Waals surface area contributed by atoms with Crippen LogP contribution in [0.15, 0.2) is 88.7 Å². The van der Waals surface area contributed by atoms with E-state index in [1.165, 1.54) is 15.4 Å². The van der Waals surface area contributed by atoms with Gasteiger partial charge in [-0.25, -0.2) is 0 Å². The van der Waals surface area contributed by atoms with Gasteiger partial charge < -0.3 is 4.72 Å². The summed E-state index contributed by atoms with van der Waals surface area (Å²) in [5, 5.41) is 0.421. The van der Waals surface area contributed by atoms with Crippen molar-refractivity contribution in [3.63, 3.8) is 0 Å². The Labute approximate surface area is 183 Å². The lowest BCUT2D eigenvalue weighted by molar-refractivity contribution is -0.0322. The maximum absolute atomic E-state index is 12.2. The Morgan fingerprint density at radius 3 is 2.43 bits per heavy atom. The fourth-order valence-electron chi connectivity index (χ4n) is 3.81. The summed E-state index contributed by atoms with van der Waals surface area (Å²) in [4.78, 5) is 2.74. The lowest BCUT2D eigenvalue weighted by Crippen LogP contribution is -2.18. The van der Waals surface area contributed by atoms with Crippen molar-refractivity contribution in [3.8, 4) is 0 Å². The number of alkyl halides is 3. The molecule has 1 aliphatic carbocycles. The smallest absolute Gasteiger partial charge is 0.423 e. The zero-order valence-electron chi connectivity index (χ0n) is 17.0. The summed E-state index contributed by atoms with van der Waals surface area (Å²) < 4.78 is 40.2. The largest absolute Gasteiger partial charge is 0.599 e. The van der Waals surface area contributed by atoms with Crippen LogP contribution in [0.2, 0.25) is 0 Å². The number of hydrogen-bond acceptors (Lipinski definition) is 1. The van der Waals surface area contributed by atoms with Crippen LogP contribution in [0.4, 0.5) is 13.2 Å². The van der Waals surface area contributed by atoms with Crippen molar-refractivity contribution >= 4 is 22.0 Å². The Balaban J connectivity index is 1.78. The molecule has 0 heterocycles. The first-order chi connectivity index (χ1) is 14.4. The minimum absolute atomic E-state index is 0.227. The molecule has 30 heavy (non-hydrogen) atoms. The average Bonchev–Trinajstić information content (AvgIpc) is 2.76. The molecule has 1 nitrogen and oxygen atoms in total. The average molecular weight is 451 g/mol. The number of benzene rings is 2. The van der Waals surface area contributed by atoms with Crippen molar-refractivity contribution in [1.82, 2.24) is 0 Å². The first-order valence-electron chi connectivity index (χ1n) is 10.1. The zero-order chi connectivity index (χ0) is 21.5. The molecule has 0 saturated carbocycles. The fraction of sp³-hybridized carbons (Fsp3) is 0.333. The van der Waals surface area contributed by atoms with Gasteiger partial charge in [-0.15, -0.1) is 6.54 Å². The quantitative estimate of drug-likeness (QED) is 0.277. The number of aryl methyl sites for hydroxylation is 1. The monoisotopic (exact) mass is 450 g/mol. The van der Waals surface area contributed by atoms with Crippen LogP contribution in [0, 0.1) is 0 Å². The van der Waals surface area contributed by atoms with Gasteiger partial charge in [-0.05, 0) is 52.7 Å². The predicted molar refractivity (Wildman–Crippen MR) is 124 cm³/mol. The van der Waals surface area contributed by atoms with Gasteiger partial charge in [0.15, 0.2) is 0 Å². The molecule has 2 aromatic carbocycles. The normalized spacial score (nSPS) is 19.4. The minimum Gasteiger partial charge on any atom is -0.599 e. The zero-order valence-corrected chi connectivity index (χ0v) is 18.6. The van der Waals surface area contributed by atoms with Gasteiger partial charge in [0.05, 0.1) is 0 Å². The second-order valence-electron chi connectivity index (χ2n) is 7.34. The Morgan fingerprint density at radius 1 is 1.00 bits per heavy atom. The van der Waals surface area contributed by atoms with Crippen LogP contribution < -0.4 is 0 Å². The van der Waals surface area contributed by atoms with Crippen LogP contribution in [0.1, 0.15) is 24.8 Å². The highest BCUT2D eigenvalue weighted by Crippen LogP contribution is 2.65. The van der Waals surface area contributed by atoms with Crippen LogP contribution in [-0.4, -0.2) is 23.6 Å². The Bertz CT molecular complexity index is 864. The number of nitrogens with zero attached hydrogens (tertiary/aromatic N) is 1. The van der Waals surface area contributed by atoms with Gasteiger partial charge in [0.1, 0.15) is 0 Å². The molecule has 0 bridgehead atoms. The molecule has 0 amide bonds. The van der Waals surface area contributed by atoms with E-state index in [1.54, 1.807) is 0 Å². The highest BCUT2D eigenvalue weighted by atomic mass is 32.3. The third-order valence-electron chi connectivity index (χ3n) is 5.32. The van der Waals surface area contributed by atoms with Crippen molar-refractivity contribution < 1.29 is 13.2 Å². The molecule has 2 unspecified atom stereocenters. The fourth-order valence-corrected chi connectivity index (χ4v) is 7.81. The minimum atomic E-state index is -4.28. The molecular formula is C24H27F3NS2-.